The van der Waals surface area contributed by atoms with E-state index in [1.807, 2.05) is 0 Å². The van der Waals surface area contributed by atoms with Gasteiger partial charge in [0.1, 0.15) is 11.5 Å². The highest BCUT2D eigenvalue weighted by atomic mass is 16.3. The molecule has 0 aromatic heterocycles. The average molecular weight is 290 g/mol. The molecular formula is C15H18N2O4. The molecule has 0 spiro atoms. The van der Waals surface area contributed by atoms with Gasteiger partial charge in [0.2, 0.25) is 0 Å². The second-order valence-electron chi connectivity index (χ2n) is 4.76. The van der Waals surface area contributed by atoms with Crippen LogP contribution in [0.4, 0.5) is 11.4 Å². The molecule has 2 aromatic rings. The smallest absolute Gasteiger partial charge is 0.119 e. The molecule has 0 radical (unpaired) electrons. The molecule has 21 heavy (non-hydrogen) atoms. The van der Waals surface area contributed by atoms with E-state index in [4.69, 9.17) is 10.8 Å². The van der Waals surface area contributed by atoms with Crippen LogP contribution < -0.4 is 11.1 Å². The number of aliphatic hydroxyl groups is 2. The molecule has 0 fully saturated rings. The van der Waals surface area contributed by atoms with Gasteiger partial charge in [-0.05, 0) is 35.9 Å². The highest BCUT2D eigenvalue weighted by Gasteiger charge is 2.08. The maximum Gasteiger partial charge on any atom is 0.119 e. The van der Waals surface area contributed by atoms with Crippen molar-refractivity contribution < 1.29 is 20.4 Å². The monoisotopic (exact) mass is 290 g/mol. The molecule has 0 amide bonds. The van der Waals surface area contributed by atoms with Gasteiger partial charge in [0.25, 0.3) is 0 Å². The van der Waals surface area contributed by atoms with Crippen LogP contribution in [0.1, 0.15) is 0 Å². The van der Waals surface area contributed by atoms with Crippen LogP contribution in [0, 0.1) is 0 Å². The van der Waals surface area contributed by atoms with Gasteiger partial charge in [0.05, 0.1) is 12.7 Å². The van der Waals surface area contributed by atoms with Crippen LogP contribution >= 0.6 is 0 Å². The molecule has 1 atom stereocenters. The Bertz CT molecular complexity index is 611. The number of benzene rings is 2. The minimum atomic E-state index is -0.851. The summed E-state index contributed by atoms with van der Waals surface area (Å²) in [6, 6.07) is 9.40. The highest BCUT2D eigenvalue weighted by molar-refractivity contribution is 5.81. The van der Waals surface area contributed by atoms with Crippen molar-refractivity contribution in [2.45, 2.75) is 6.10 Å². The number of anilines is 2. The Labute approximate surface area is 122 Å². The second kappa shape index (κ2) is 6.34. The fourth-order valence-electron chi connectivity index (χ4n) is 1.97. The summed E-state index contributed by atoms with van der Waals surface area (Å²) in [6.45, 7) is -0.125. The molecule has 0 saturated carbocycles. The van der Waals surface area contributed by atoms with Gasteiger partial charge in [0, 0.05) is 29.5 Å². The summed E-state index contributed by atoms with van der Waals surface area (Å²) < 4.78 is 0. The van der Waals surface area contributed by atoms with Gasteiger partial charge in [-0.25, -0.2) is 0 Å². The zero-order chi connectivity index (χ0) is 15.4. The molecule has 1 unspecified atom stereocenters. The molecule has 0 heterocycles. The van der Waals surface area contributed by atoms with Crippen LogP contribution in [0.2, 0.25) is 0 Å². The third-order valence-corrected chi connectivity index (χ3v) is 3.02. The van der Waals surface area contributed by atoms with Gasteiger partial charge in [-0.1, -0.05) is 0 Å². The molecule has 7 N–H and O–H groups in total. The van der Waals surface area contributed by atoms with E-state index >= 15 is 0 Å². The predicted octanol–water partition coefficient (Wildman–Crippen LogP) is 1.11. The fourth-order valence-corrected chi connectivity index (χ4v) is 1.97. The highest BCUT2D eigenvalue weighted by Crippen LogP contribution is 2.33. The minimum Gasteiger partial charge on any atom is -0.508 e. The first-order valence-corrected chi connectivity index (χ1v) is 6.45. The average Bonchev–Trinajstić information content (AvgIpc) is 2.45. The molecular weight excluding hydrogens is 272 g/mol. The van der Waals surface area contributed by atoms with Crippen molar-refractivity contribution in [1.29, 1.82) is 0 Å². The van der Waals surface area contributed by atoms with E-state index in [2.05, 4.69) is 5.32 Å². The number of hydrogen-bond acceptors (Lipinski definition) is 6. The Hall–Kier alpha value is -2.44. The largest absolute Gasteiger partial charge is 0.508 e. The minimum absolute atomic E-state index is 0.0570. The lowest BCUT2D eigenvalue weighted by atomic mass is 10.0. The van der Waals surface area contributed by atoms with Crippen molar-refractivity contribution >= 4 is 11.4 Å². The van der Waals surface area contributed by atoms with Crippen LogP contribution in [0.25, 0.3) is 11.1 Å². The van der Waals surface area contributed by atoms with E-state index in [-0.39, 0.29) is 24.7 Å². The Kier molecular flexibility index (Phi) is 4.52. The first kappa shape index (κ1) is 15.0. The molecule has 0 saturated heterocycles. The number of nitrogens with two attached hydrogens (primary N) is 1. The van der Waals surface area contributed by atoms with Crippen molar-refractivity contribution in [3.05, 3.63) is 36.4 Å². The topological polar surface area (TPSA) is 119 Å². The zero-order valence-corrected chi connectivity index (χ0v) is 11.3. The Morgan fingerprint density at radius 3 is 2.33 bits per heavy atom. The number of rotatable bonds is 5. The summed E-state index contributed by atoms with van der Waals surface area (Å²) in [5.74, 6) is -0.114. The van der Waals surface area contributed by atoms with E-state index in [9.17, 15) is 15.3 Å². The van der Waals surface area contributed by atoms with Crippen molar-refractivity contribution in [3.63, 3.8) is 0 Å². The SMILES string of the molecule is Nc1ccc(NCC(O)CO)cc1-c1cc(O)cc(O)c1. The third kappa shape index (κ3) is 3.77. The summed E-state index contributed by atoms with van der Waals surface area (Å²) >= 11 is 0. The number of hydrogen-bond donors (Lipinski definition) is 6. The summed E-state index contributed by atoms with van der Waals surface area (Å²) in [5.41, 5.74) is 8.34. The van der Waals surface area contributed by atoms with Crippen molar-refractivity contribution in [3.8, 4) is 22.6 Å². The Morgan fingerprint density at radius 2 is 1.71 bits per heavy atom. The third-order valence-electron chi connectivity index (χ3n) is 3.02. The number of nitrogens with one attached hydrogen (secondary N) is 1. The predicted molar refractivity (Wildman–Crippen MR) is 81.2 cm³/mol. The maximum atomic E-state index is 9.55. The van der Waals surface area contributed by atoms with Gasteiger partial charge in [-0.3, -0.25) is 0 Å². The molecule has 0 bridgehead atoms. The van der Waals surface area contributed by atoms with Gasteiger partial charge in [-0.2, -0.15) is 0 Å². The lowest BCUT2D eigenvalue weighted by Crippen LogP contribution is -2.22. The van der Waals surface area contributed by atoms with E-state index in [0.717, 1.165) is 0 Å². The number of aromatic hydroxyl groups is 2. The molecule has 6 nitrogen and oxygen atoms in total. The van der Waals surface area contributed by atoms with Gasteiger partial charge >= 0.3 is 0 Å². The first-order chi connectivity index (χ1) is 9.99. The fraction of sp³-hybridized carbons (Fsp3) is 0.200. The van der Waals surface area contributed by atoms with E-state index in [1.54, 1.807) is 18.2 Å². The van der Waals surface area contributed by atoms with Gasteiger partial charge in [0.15, 0.2) is 0 Å². The molecule has 112 valence electrons. The van der Waals surface area contributed by atoms with Gasteiger partial charge < -0.3 is 31.5 Å². The summed E-state index contributed by atoms with van der Waals surface area (Å²) in [7, 11) is 0. The zero-order valence-electron chi connectivity index (χ0n) is 11.3. The summed E-state index contributed by atoms with van der Waals surface area (Å²) in [5, 5.41) is 40.2. The van der Waals surface area contributed by atoms with Crippen LogP contribution in [-0.4, -0.2) is 39.7 Å². The normalized spacial score (nSPS) is 12.1. The van der Waals surface area contributed by atoms with E-state index in [1.165, 1.54) is 18.2 Å². The number of aliphatic hydroxyl groups excluding tert-OH is 2. The van der Waals surface area contributed by atoms with Crippen LogP contribution in [0.5, 0.6) is 11.5 Å². The second-order valence-corrected chi connectivity index (χ2v) is 4.76. The molecule has 6 heteroatoms. The lowest BCUT2D eigenvalue weighted by Gasteiger charge is -2.13. The van der Waals surface area contributed by atoms with Crippen LogP contribution in [0.15, 0.2) is 36.4 Å². The van der Waals surface area contributed by atoms with Gasteiger partial charge in [-0.15, -0.1) is 0 Å². The van der Waals surface area contributed by atoms with Crippen molar-refractivity contribution in [1.82, 2.24) is 0 Å². The number of nitrogen functional groups attached to an aromatic ring is 1. The van der Waals surface area contributed by atoms with Crippen LogP contribution in [-0.2, 0) is 0 Å². The maximum absolute atomic E-state index is 9.55. The standard InChI is InChI=1S/C15H18N2O4/c16-15-2-1-10(17-7-13(21)8-18)5-14(15)9-3-11(19)6-12(20)4-9/h1-6,13,17-21H,7-8,16H2. The molecule has 2 aromatic carbocycles. The number of phenolic OH excluding ortho intramolecular Hbond substituents is 2. The Balaban J connectivity index is 2.30. The van der Waals surface area contributed by atoms with Crippen LogP contribution in [0.3, 0.4) is 0 Å². The quantitative estimate of drug-likeness (QED) is 0.459. The van der Waals surface area contributed by atoms with E-state index < -0.39 is 6.10 Å². The lowest BCUT2D eigenvalue weighted by molar-refractivity contribution is 0.105. The molecule has 0 aliphatic rings. The molecule has 2 rings (SSSR count). The summed E-state index contributed by atoms with van der Waals surface area (Å²) in [6.07, 6.45) is -0.851. The summed E-state index contributed by atoms with van der Waals surface area (Å²) in [4.78, 5) is 0. The van der Waals surface area contributed by atoms with Crippen molar-refractivity contribution in [2.24, 2.45) is 0 Å². The first-order valence-electron chi connectivity index (χ1n) is 6.45. The number of phenols is 2. The molecule has 0 aliphatic heterocycles. The Morgan fingerprint density at radius 1 is 1.05 bits per heavy atom. The molecule has 0 aliphatic carbocycles. The van der Waals surface area contributed by atoms with Crippen molar-refractivity contribution in [2.75, 3.05) is 24.2 Å². The van der Waals surface area contributed by atoms with E-state index in [0.29, 0.717) is 22.5 Å².